The lowest BCUT2D eigenvalue weighted by Crippen LogP contribution is -2.37. The summed E-state index contributed by atoms with van der Waals surface area (Å²) in [7, 11) is 0. The number of hydrogen-bond donors (Lipinski definition) is 3. The van der Waals surface area contributed by atoms with Crippen molar-refractivity contribution in [3.05, 3.63) is 11.8 Å². The smallest absolute Gasteiger partial charge is 0.230 e. The van der Waals surface area contributed by atoms with E-state index in [2.05, 4.69) is 25.7 Å². The molecule has 0 radical (unpaired) electrons. The zero-order valence-electron chi connectivity index (χ0n) is 13.1. The Kier molecular flexibility index (Phi) is 4.85. The van der Waals surface area contributed by atoms with Crippen LogP contribution in [0, 0.1) is 6.92 Å². The number of aromatic amines is 1. The SMILES string of the molecule is Cc1cc(-c2nnc(SCC(=O)NC3CCCCC3)n2N)n[nH]1. The standard InChI is InChI=1S/C14H21N7OS/c1-9-7-11(18-17-9)13-19-20-14(21(13)15)23-8-12(22)16-10-5-3-2-4-6-10/h7,10H,2-6,8,15H2,1H3,(H,16,22)(H,17,18). The first-order valence-corrected chi connectivity index (χ1v) is 8.77. The second-order valence-corrected chi connectivity index (χ2v) is 6.75. The summed E-state index contributed by atoms with van der Waals surface area (Å²) in [6.45, 7) is 1.90. The minimum atomic E-state index is 0.0158. The van der Waals surface area contributed by atoms with Crippen molar-refractivity contribution in [1.82, 2.24) is 30.4 Å². The largest absolute Gasteiger partial charge is 0.353 e. The highest BCUT2D eigenvalue weighted by Gasteiger charge is 2.18. The number of thioether (sulfide) groups is 1. The quantitative estimate of drug-likeness (QED) is 0.559. The van der Waals surface area contributed by atoms with Gasteiger partial charge in [-0.05, 0) is 25.8 Å². The van der Waals surface area contributed by atoms with Crippen LogP contribution in [0.3, 0.4) is 0 Å². The molecule has 0 bridgehead atoms. The average molecular weight is 335 g/mol. The van der Waals surface area contributed by atoms with E-state index in [1.807, 2.05) is 13.0 Å². The number of nitrogen functional groups attached to an aromatic ring is 1. The minimum Gasteiger partial charge on any atom is -0.353 e. The predicted octanol–water partition coefficient (Wildman–Crippen LogP) is 1.23. The van der Waals surface area contributed by atoms with Gasteiger partial charge in [0.25, 0.3) is 0 Å². The van der Waals surface area contributed by atoms with E-state index in [0.717, 1.165) is 18.5 Å². The molecule has 0 aliphatic heterocycles. The van der Waals surface area contributed by atoms with E-state index in [4.69, 9.17) is 5.84 Å². The van der Waals surface area contributed by atoms with Crippen LogP contribution >= 0.6 is 11.8 Å². The van der Waals surface area contributed by atoms with Gasteiger partial charge in [0.15, 0.2) is 0 Å². The van der Waals surface area contributed by atoms with E-state index in [0.29, 0.717) is 22.7 Å². The van der Waals surface area contributed by atoms with Crippen LogP contribution in [0.15, 0.2) is 11.2 Å². The monoisotopic (exact) mass is 335 g/mol. The molecule has 0 saturated heterocycles. The molecular weight excluding hydrogens is 314 g/mol. The number of aryl methyl sites for hydroxylation is 1. The molecule has 0 unspecified atom stereocenters. The van der Waals surface area contributed by atoms with Crippen molar-refractivity contribution >= 4 is 17.7 Å². The first kappa shape index (κ1) is 15.9. The number of carbonyl (C=O) groups is 1. The summed E-state index contributed by atoms with van der Waals surface area (Å²) in [4.78, 5) is 12.0. The summed E-state index contributed by atoms with van der Waals surface area (Å²) < 4.78 is 1.37. The summed E-state index contributed by atoms with van der Waals surface area (Å²) in [6, 6.07) is 2.16. The molecule has 8 nitrogen and oxygen atoms in total. The van der Waals surface area contributed by atoms with E-state index in [-0.39, 0.29) is 11.7 Å². The number of nitrogens with two attached hydrogens (primary N) is 1. The van der Waals surface area contributed by atoms with Gasteiger partial charge in [-0.1, -0.05) is 31.0 Å². The van der Waals surface area contributed by atoms with Gasteiger partial charge in [0, 0.05) is 11.7 Å². The Hall–Kier alpha value is -2.03. The summed E-state index contributed by atoms with van der Waals surface area (Å²) >= 11 is 1.28. The van der Waals surface area contributed by atoms with Gasteiger partial charge in [0.05, 0.1) is 5.75 Å². The molecular formula is C14H21N7OS. The second-order valence-electron chi connectivity index (χ2n) is 5.80. The number of H-pyrrole nitrogens is 1. The highest BCUT2D eigenvalue weighted by atomic mass is 32.2. The topological polar surface area (TPSA) is 115 Å². The molecule has 1 fully saturated rings. The van der Waals surface area contributed by atoms with Crippen LogP contribution in [0.2, 0.25) is 0 Å². The Balaban J connectivity index is 1.56. The minimum absolute atomic E-state index is 0.0158. The third-order valence-electron chi connectivity index (χ3n) is 3.90. The van der Waals surface area contributed by atoms with Crippen LogP contribution in [0.1, 0.15) is 37.8 Å². The Labute approximate surface area is 138 Å². The van der Waals surface area contributed by atoms with Crippen LogP contribution in [-0.2, 0) is 4.79 Å². The number of aromatic nitrogens is 5. The van der Waals surface area contributed by atoms with Crippen molar-refractivity contribution < 1.29 is 4.79 Å². The van der Waals surface area contributed by atoms with E-state index >= 15 is 0 Å². The molecule has 3 rings (SSSR count). The third-order valence-corrected chi connectivity index (χ3v) is 4.85. The predicted molar refractivity (Wildman–Crippen MR) is 88.2 cm³/mol. The molecule has 2 heterocycles. The zero-order chi connectivity index (χ0) is 16.2. The van der Waals surface area contributed by atoms with Crippen molar-refractivity contribution in [2.75, 3.05) is 11.6 Å². The van der Waals surface area contributed by atoms with E-state index in [9.17, 15) is 4.79 Å². The molecule has 23 heavy (non-hydrogen) atoms. The molecule has 0 spiro atoms. The molecule has 9 heteroatoms. The maximum absolute atomic E-state index is 12.0. The maximum Gasteiger partial charge on any atom is 0.230 e. The van der Waals surface area contributed by atoms with Crippen molar-refractivity contribution in [3.63, 3.8) is 0 Å². The fraction of sp³-hybridized carbons (Fsp3) is 0.571. The fourth-order valence-electron chi connectivity index (χ4n) is 2.73. The molecule has 4 N–H and O–H groups in total. The van der Waals surface area contributed by atoms with Gasteiger partial charge in [0.1, 0.15) is 5.69 Å². The van der Waals surface area contributed by atoms with Crippen LogP contribution in [0.5, 0.6) is 0 Å². The van der Waals surface area contributed by atoms with E-state index in [1.54, 1.807) is 0 Å². The molecule has 1 aliphatic carbocycles. The Morgan fingerprint density at radius 2 is 2.22 bits per heavy atom. The molecule has 2 aromatic heterocycles. The van der Waals surface area contributed by atoms with Crippen LogP contribution < -0.4 is 11.2 Å². The Morgan fingerprint density at radius 1 is 1.43 bits per heavy atom. The molecule has 1 saturated carbocycles. The highest BCUT2D eigenvalue weighted by molar-refractivity contribution is 7.99. The maximum atomic E-state index is 12.0. The number of hydrogen-bond acceptors (Lipinski definition) is 6. The first-order valence-electron chi connectivity index (χ1n) is 7.78. The van der Waals surface area contributed by atoms with Crippen molar-refractivity contribution in [2.24, 2.45) is 0 Å². The number of nitrogens with zero attached hydrogens (tertiary/aromatic N) is 4. The van der Waals surface area contributed by atoms with Gasteiger partial charge in [-0.2, -0.15) is 5.10 Å². The number of nitrogens with one attached hydrogen (secondary N) is 2. The first-order chi connectivity index (χ1) is 11.1. The lowest BCUT2D eigenvalue weighted by atomic mass is 9.95. The van der Waals surface area contributed by atoms with Gasteiger partial charge >= 0.3 is 0 Å². The van der Waals surface area contributed by atoms with Crippen LogP contribution in [0.4, 0.5) is 0 Å². The van der Waals surface area contributed by atoms with Gasteiger partial charge in [-0.15, -0.1) is 10.2 Å². The number of carbonyl (C=O) groups excluding carboxylic acids is 1. The average Bonchev–Trinajstić information content (AvgIpc) is 3.12. The lowest BCUT2D eigenvalue weighted by Gasteiger charge is -2.22. The zero-order valence-corrected chi connectivity index (χ0v) is 13.9. The molecule has 0 aromatic carbocycles. The molecule has 2 aromatic rings. The Bertz CT molecular complexity index is 674. The van der Waals surface area contributed by atoms with Gasteiger partial charge < -0.3 is 11.2 Å². The molecule has 1 amide bonds. The number of amides is 1. The van der Waals surface area contributed by atoms with Crippen LogP contribution in [0.25, 0.3) is 11.5 Å². The normalized spacial score (nSPS) is 15.7. The number of rotatable bonds is 5. The van der Waals surface area contributed by atoms with Gasteiger partial charge in [0.2, 0.25) is 16.9 Å². The van der Waals surface area contributed by atoms with Crippen molar-refractivity contribution in [3.8, 4) is 11.5 Å². The van der Waals surface area contributed by atoms with Gasteiger partial charge in [-0.25, -0.2) is 4.68 Å². The Morgan fingerprint density at radius 3 is 2.91 bits per heavy atom. The second kappa shape index (κ2) is 7.03. The summed E-state index contributed by atoms with van der Waals surface area (Å²) in [6.07, 6.45) is 5.81. The molecule has 1 aliphatic rings. The van der Waals surface area contributed by atoms with Crippen molar-refractivity contribution in [2.45, 2.75) is 50.2 Å². The van der Waals surface area contributed by atoms with Crippen LogP contribution in [-0.4, -0.2) is 42.8 Å². The lowest BCUT2D eigenvalue weighted by molar-refractivity contribution is -0.119. The van der Waals surface area contributed by atoms with E-state index < -0.39 is 0 Å². The molecule has 124 valence electrons. The summed E-state index contributed by atoms with van der Waals surface area (Å²) in [5, 5.41) is 18.6. The van der Waals surface area contributed by atoms with Crippen molar-refractivity contribution in [1.29, 1.82) is 0 Å². The highest BCUT2D eigenvalue weighted by Crippen LogP contribution is 2.21. The summed E-state index contributed by atoms with van der Waals surface area (Å²) in [5.41, 5.74) is 1.56. The molecule has 0 atom stereocenters. The third kappa shape index (κ3) is 3.84. The van der Waals surface area contributed by atoms with Gasteiger partial charge in [-0.3, -0.25) is 9.89 Å². The van der Waals surface area contributed by atoms with E-state index in [1.165, 1.54) is 35.7 Å². The summed E-state index contributed by atoms with van der Waals surface area (Å²) in [5.74, 6) is 6.78. The fourth-order valence-corrected chi connectivity index (χ4v) is 3.40.